The maximum absolute atomic E-state index is 11.0. The van der Waals surface area contributed by atoms with E-state index in [2.05, 4.69) is 41.7 Å². The molecule has 1 unspecified atom stereocenters. The van der Waals surface area contributed by atoms with Gasteiger partial charge in [0.2, 0.25) is 0 Å². The Kier molecular flexibility index (Phi) is 9.63. The lowest BCUT2D eigenvalue weighted by molar-refractivity contribution is 0.124. The van der Waals surface area contributed by atoms with Crippen molar-refractivity contribution in [3.05, 3.63) is 54.8 Å². The van der Waals surface area contributed by atoms with Gasteiger partial charge in [-0.15, -0.1) is 0 Å². The van der Waals surface area contributed by atoms with Crippen molar-refractivity contribution in [2.45, 2.75) is 32.2 Å². The van der Waals surface area contributed by atoms with Crippen LogP contribution >= 0.6 is 0 Å². The molecule has 0 radical (unpaired) electrons. The lowest BCUT2D eigenvalue weighted by atomic mass is 10.1. The van der Waals surface area contributed by atoms with E-state index in [0.29, 0.717) is 23.6 Å². The number of pyridine rings is 1. The van der Waals surface area contributed by atoms with E-state index in [9.17, 15) is 8.42 Å². The van der Waals surface area contributed by atoms with Gasteiger partial charge in [-0.25, -0.2) is 18.5 Å². The van der Waals surface area contributed by atoms with Crippen LogP contribution in [0.15, 0.2) is 59.8 Å². The maximum Gasteiger partial charge on any atom is 0.255 e. The van der Waals surface area contributed by atoms with Crippen LogP contribution in [0.5, 0.6) is 0 Å². The van der Waals surface area contributed by atoms with Gasteiger partial charge in [-0.3, -0.25) is 5.10 Å². The summed E-state index contributed by atoms with van der Waals surface area (Å²) in [5, 5.41) is 11.3. The first-order valence-corrected chi connectivity index (χ1v) is 10.2. The number of nitrogens with two attached hydrogens (primary N) is 1. The number of H-pyrrole nitrogens is 1. The van der Waals surface area contributed by atoms with E-state index in [1.54, 1.807) is 18.2 Å². The van der Waals surface area contributed by atoms with Gasteiger partial charge in [-0.05, 0) is 30.5 Å². The zero-order chi connectivity index (χ0) is 20.3. The van der Waals surface area contributed by atoms with Crippen molar-refractivity contribution in [2.24, 2.45) is 11.1 Å². The normalized spacial score (nSPS) is 13.4. The van der Waals surface area contributed by atoms with Gasteiger partial charge in [0.1, 0.15) is 0 Å². The second-order valence-corrected chi connectivity index (χ2v) is 7.48. The number of fused-ring (bicyclic) bond motifs is 1. The highest BCUT2D eigenvalue weighted by Crippen LogP contribution is 2.15. The number of rotatable bonds is 8. The number of allylic oxidation sites excluding steroid dienone is 3. The predicted molar refractivity (Wildman–Crippen MR) is 109 cm³/mol. The summed E-state index contributed by atoms with van der Waals surface area (Å²) < 4.78 is 27.6. The monoisotopic (exact) mass is 392 g/mol. The third kappa shape index (κ3) is 7.86. The van der Waals surface area contributed by atoms with Crippen LogP contribution in [0.1, 0.15) is 27.2 Å². The van der Waals surface area contributed by atoms with Crippen LogP contribution in [0.4, 0.5) is 0 Å². The highest BCUT2D eigenvalue weighted by Gasteiger charge is 2.15. The number of hydrogen-bond acceptors (Lipinski definition) is 5. The molecule has 2 aromatic heterocycles. The number of nitrogens with zero attached hydrogens (tertiary/aromatic N) is 2. The highest BCUT2D eigenvalue weighted by molar-refractivity contribution is 7.89. The van der Waals surface area contributed by atoms with Crippen molar-refractivity contribution >= 4 is 21.1 Å². The van der Waals surface area contributed by atoms with Gasteiger partial charge >= 0.3 is 0 Å². The minimum Gasteiger partial charge on any atom is -0.376 e. The third-order valence-corrected chi connectivity index (χ3v) is 4.54. The lowest BCUT2D eigenvalue weighted by Gasteiger charge is -2.09. The standard InChI is InChI=1S/C13H22O.C6H6N4O2S/c1-5-8-13(9-6-2)11-14-10-12(4)7-3;7-13(11,12)6-4-2-1-3-8-5(4)9-10-6/h5-6,8-9,12H,1,7,10-11H2,2-4H3;1-3H,(H2,7,11,12)(H,8,9,10)/b9-6-,13-8+;. The Balaban J connectivity index is 0.000000270. The van der Waals surface area contributed by atoms with E-state index in [0.717, 1.165) is 6.61 Å². The summed E-state index contributed by atoms with van der Waals surface area (Å²) in [7, 11) is -3.74. The molecule has 1 atom stereocenters. The highest BCUT2D eigenvalue weighted by atomic mass is 32.2. The van der Waals surface area contributed by atoms with Gasteiger partial charge in [-0.1, -0.05) is 51.2 Å². The summed E-state index contributed by atoms with van der Waals surface area (Å²) in [5.74, 6) is 0.644. The van der Waals surface area contributed by atoms with Gasteiger partial charge in [0.05, 0.1) is 12.0 Å². The van der Waals surface area contributed by atoms with Gasteiger partial charge in [0.15, 0.2) is 10.7 Å². The zero-order valence-electron chi connectivity index (χ0n) is 16.1. The molecule has 0 amide bonds. The molecule has 0 bridgehead atoms. The molecule has 0 aromatic carbocycles. The third-order valence-electron chi connectivity index (χ3n) is 3.66. The van der Waals surface area contributed by atoms with Crippen molar-refractivity contribution in [2.75, 3.05) is 13.2 Å². The largest absolute Gasteiger partial charge is 0.376 e. The van der Waals surface area contributed by atoms with Crippen molar-refractivity contribution in [1.82, 2.24) is 15.2 Å². The second kappa shape index (κ2) is 11.4. The van der Waals surface area contributed by atoms with Gasteiger partial charge in [0.25, 0.3) is 10.0 Å². The fourth-order valence-corrected chi connectivity index (χ4v) is 2.70. The minimum atomic E-state index is -3.74. The van der Waals surface area contributed by atoms with Gasteiger partial charge in [0, 0.05) is 12.8 Å². The molecular formula is C19H28N4O3S. The first-order chi connectivity index (χ1) is 12.8. The van der Waals surface area contributed by atoms with Crippen molar-refractivity contribution < 1.29 is 13.2 Å². The summed E-state index contributed by atoms with van der Waals surface area (Å²) >= 11 is 0. The van der Waals surface area contributed by atoms with Crippen LogP contribution in [0, 0.1) is 5.92 Å². The average molecular weight is 393 g/mol. The van der Waals surface area contributed by atoms with Gasteiger partial charge in [-0.2, -0.15) is 5.10 Å². The Morgan fingerprint density at radius 2 is 2.22 bits per heavy atom. The number of aromatic nitrogens is 3. The van der Waals surface area contributed by atoms with E-state index < -0.39 is 10.0 Å². The fourth-order valence-electron chi connectivity index (χ4n) is 2.06. The Bertz CT molecular complexity index is 885. The first kappa shape index (κ1) is 22.8. The van der Waals surface area contributed by atoms with Crippen LogP contribution in [0.3, 0.4) is 0 Å². The van der Waals surface area contributed by atoms with Crippen LogP contribution < -0.4 is 5.14 Å². The average Bonchev–Trinajstić information content (AvgIpc) is 3.07. The summed E-state index contributed by atoms with van der Waals surface area (Å²) in [4.78, 5) is 3.85. The minimum absolute atomic E-state index is 0.101. The summed E-state index contributed by atoms with van der Waals surface area (Å²) in [6, 6.07) is 3.21. The van der Waals surface area contributed by atoms with Crippen molar-refractivity contribution in [3.8, 4) is 0 Å². The summed E-state index contributed by atoms with van der Waals surface area (Å²) in [5.41, 5.74) is 1.51. The lowest BCUT2D eigenvalue weighted by Crippen LogP contribution is -2.12. The van der Waals surface area contributed by atoms with E-state index >= 15 is 0 Å². The van der Waals surface area contributed by atoms with E-state index in [-0.39, 0.29) is 5.03 Å². The van der Waals surface area contributed by atoms with Crippen molar-refractivity contribution in [3.63, 3.8) is 0 Å². The molecule has 8 heteroatoms. The molecule has 148 valence electrons. The number of primary sulfonamides is 1. The van der Waals surface area contributed by atoms with Crippen LogP contribution in [-0.4, -0.2) is 36.8 Å². The molecule has 0 aliphatic carbocycles. The molecule has 0 aliphatic heterocycles. The molecule has 2 rings (SSSR count). The molecular weight excluding hydrogens is 364 g/mol. The topological polar surface area (TPSA) is 111 Å². The van der Waals surface area contributed by atoms with E-state index in [1.165, 1.54) is 18.2 Å². The quantitative estimate of drug-likeness (QED) is 0.669. The summed E-state index contributed by atoms with van der Waals surface area (Å²) in [6.45, 7) is 11.6. The van der Waals surface area contributed by atoms with Crippen LogP contribution in [0.2, 0.25) is 0 Å². The van der Waals surface area contributed by atoms with Gasteiger partial charge < -0.3 is 4.74 Å². The second-order valence-electron chi connectivity index (χ2n) is 5.98. The van der Waals surface area contributed by atoms with E-state index in [4.69, 9.17) is 9.88 Å². The maximum atomic E-state index is 11.0. The predicted octanol–water partition coefficient (Wildman–Crippen LogP) is 3.34. The smallest absolute Gasteiger partial charge is 0.255 e. The Labute approximate surface area is 161 Å². The molecule has 0 aliphatic rings. The first-order valence-electron chi connectivity index (χ1n) is 8.67. The molecule has 2 heterocycles. The van der Waals surface area contributed by atoms with E-state index in [1.807, 2.05) is 19.1 Å². The van der Waals surface area contributed by atoms with Crippen LogP contribution in [0.25, 0.3) is 11.0 Å². The molecule has 0 saturated heterocycles. The molecule has 3 N–H and O–H groups in total. The number of aromatic amines is 1. The molecule has 27 heavy (non-hydrogen) atoms. The number of nitrogens with one attached hydrogen (secondary N) is 1. The Morgan fingerprint density at radius 1 is 1.48 bits per heavy atom. The number of hydrogen-bond donors (Lipinski definition) is 2. The summed E-state index contributed by atoms with van der Waals surface area (Å²) in [6.07, 6.45) is 10.5. The Morgan fingerprint density at radius 3 is 2.81 bits per heavy atom. The SMILES string of the molecule is C=C/C=C(\C=C/C)COCC(C)CC.NS(=O)(=O)c1[nH]nc2ncccc12. The molecule has 2 aromatic rings. The molecule has 7 nitrogen and oxygen atoms in total. The van der Waals surface area contributed by atoms with Crippen LogP contribution in [-0.2, 0) is 14.8 Å². The number of sulfonamides is 1. The molecule has 0 saturated carbocycles. The Hall–Kier alpha value is -2.29. The molecule has 0 fully saturated rings. The zero-order valence-corrected chi connectivity index (χ0v) is 16.9. The van der Waals surface area contributed by atoms with Crippen molar-refractivity contribution in [1.29, 1.82) is 0 Å². The number of ether oxygens (including phenoxy) is 1. The fraction of sp³-hybridized carbons (Fsp3) is 0.368. The molecule has 0 spiro atoms.